The molecule has 1 heterocycles. The topological polar surface area (TPSA) is 0 Å². The van der Waals surface area contributed by atoms with Gasteiger partial charge in [0.2, 0.25) is 0 Å². The van der Waals surface area contributed by atoms with Crippen LogP contribution in [0.4, 0.5) is 0 Å². The van der Waals surface area contributed by atoms with Crippen molar-refractivity contribution < 1.29 is 0 Å². The monoisotopic (exact) mass is 372 g/mol. The van der Waals surface area contributed by atoms with Crippen LogP contribution in [-0.2, 0) is 6.16 Å². The Bertz CT molecular complexity index is 971. The molecule has 26 heavy (non-hydrogen) atoms. The van der Waals surface area contributed by atoms with Gasteiger partial charge in [-0.3, -0.25) is 0 Å². The van der Waals surface area contributed by atoms with Crippen LogP contribution in [0.15, 0.2) is 91.0 Å². The van der Waals surface area contributed by atoms with Gasteiger partial charge in [0.05, 0.1) is 0 Å². The van der Waals surface area contributed by atoms with E-state index < -0.39 is 0 Å². The molecule has 4 rings (SSSR count). The predicted octanol–water partition coefficient (Wildman–Crippen LogP) is 8.66. The largest absolute Gasteiger partial charge is 0.0867 e. The summed E-state index contributed by atoms with van der Waals surface area (Å²) in [6.45, 7) is 2.31. The molecule has 1 aromatic heterocycles. The van der Waals surface area contributed by atoms with Gasteiger partial charge in [-0.05, 0) is 37.1 Å². The van der Waals surface area contributed by atoms with Crippen LogP contribution in [0.1, 0.15) is 13.3 Å². The average molecular weight is 372 g/mol. The third kappa shape index (κ3) is 3.41. The van der Waals surface area contributed by atoms with Crippen molar-refractivity contribution in [2.75, 3.05) is 0 Å². The van der Waals surface area contributed by atoms with E-state index in [-0.39, 0.29) is 7.21 Å². The summed E-state index contributed by atoms with van der Waals surface area (Å²) in [4.78, 5) is 0. The summed E-state index contributed by atoms with van der Waals surface area (Å²) >= 11 is 0. The molecule has 0 aliphatic carbocycles. The molecule has 3 aromatic carbocycles. The Labute approximate surface area is 158 Å². The van der Waals surface area contributed by atoms with E-state index >= 15 is 0 Å². The zero-order valence-electron chi connectivity index (χ0n) is 15.0. The minimum absolute atomic E-state index is 0.196. The molecule has 0 fully saturated rings. The lowest BCUT2D eigenvalue weighted by atomic mass is 9.98. The summed E-state index contributed by atoms with van der Waals surface area (Å²) in [6.07, 6.45) is 2.52. The second-order valence-electron chi connectivity index (χ2n) is 6.39. The van der Waals surface area contributed by atoms with E-state index in [0.29, 0.717) is 0 Å². The van der Waals surface area contributed by atoms with E-state index in [4.69, 9.17) is 0 Å². The highest BCUT2D eigenvalue weighted by Gasteiger charge is 2.20. The van der Waals surface area contributed by atoms with E-state index in [1.54, 1.807) is 5.30 Å². The minimum atomic E-state index is -0.196. The standard InChI is InChI=1S/C24H22P2/c1-2-18-26-24(21-16-10-5-11-17-21)22(19-12-6-3-7-13-19)23(25-26)20-14-8-4-9-15-20/h3-17H,2,18H2,1H3. The second kappa shape index (κ2) is 8.05. The highest BCUT2D eigenvalue weighted by Crippen LogP contribution is 2.62. The summed E-state index contributed by atoms with van der Waals surface area (Å²) in [5, 5.41) is 3.07. The van der Waals surface area contributed by atoms with Crippen molar-refractivity contribution in [2.45, 2.75) is 19.5 Å². The highest BCUT2D eigenvalue weighted by molar-refractivity contribution is 8.03. The molecular formula is C24H22P2. The molecule has 0 aliphatic rings. The van der Waals surface area contributed by atoms with Crippen LogP contribution in [0.3, 0.4) is 0 Å². The number of aryl methyl sites for hydroxylation is 1. The number of hydrogen-bond acceptors (Lipinski definition) is 0. The fourth-order valence-corrected chi connectivity index (χ4v) is 9.35. The van der Waals surface area contributed by atoms with Crippen LogP contribution in [-0.4, -0.2) is 0 Å². The zero-order valence-corrected chi connectivity index (χ0v) is 16.8. The Hall–Kier alpha value is -2.13. The highest BCUT2D eigenvalue weighted by atomic mass is 31.9. The molecule has 0 amide bonds. The van der Waals surface area contributed by atoms with Crippen LogP contribution < -0.4 is 0 Å². The first kappa shape index (κ1) is 17.3. The van der Waals surface area contributed by atoms with E-state index in [9.17, 15) is 0 Å². The first-order valence-electron chi connectivity index (χ1n) is 9.15. The quantitative estimate of drug-likeness (QED) is 0.329. The molecule has 4 aromatic rings. The molecule has 0 spiro atoms. The Morgan fingerprint density at radius 2 is 1.15 bits per heavy atom. The Balaban J connectivity index is 2.04. The smallest absolute Gasteiger partial charge is 0.0218 e. The lowest BCUT2D eigenvalue weighted by Gasteiger charge is -2.11. The second-order valence-corrected chi connectivity index (χ2v) is 10.8. The maximum absolute atomic E-state index is 2.31. The Morgan fingerprint density at radius 1 is 0.654 bits per heavy atom. The normalized spacial score (nSPS) is 11.8. The van der Waals surface area contributed by atoms with Crippen LogP contribution in [0.25, 0.3) is 32.8 Å². The van der Waals surface area contributed by atoms with Crippen LogP contribution >= 0.6 is 15.1 Å². The van der Waals surface area contributed by atoms with Gasteiger partial charge in [0.15, 0.2) is 0 Å². The van der Waals surface area contributed by atoms with Crippen molar-refractivity contribution in [3.8, 4) is 32.8 Å². The van der Waals surface area contributed by atoms with Crippen LogP contribution in [0.5, 0.6) is 0 Å². The third-order valence-electron chi connectivity index (χ3n) is 4.54. The molecule has 0 saturated carbocycles. The van der Waals surface area contributed by atoms with Crippen molar-refractivity contribution >= 4 is 15.1 Å². The van der Waals surface area contributed by atoms with Gasteiger partial charge in [0, 0.05) is 16.2 Å². The van der Waals surface area contributed by atoms with Gasteiger partial charge in [0.25, 0.3) is 0 Å². The lowest BCUT2D eigenvalue weighted by molar-refractivity contribution is 1.04. The summed E-state index contributed by atoms with van der Waals surface area (Å²) in [6, 6.07) is 32.9. The van der Waals surface area contributed by atoms with E-state index in [1.807, 2.05) is 0 Å². The Morgan fingerprint density at radius 3 is 1.69 bits per heavy atom. The van der Waals surface area contributed by atoms with Crippen LogP contribution in [0.2, 0.25) is 0 Å². The van der Waals surface area contributed by atoms with Gasteiger partial charge in [0.1, 0.15) is 0 Å². The molecule has 128 valence electrons. The van der Waals surface area contributed by atoms with Crippen molar-refractivity contribution in [2.24, 2.45) is 0 Å². The van der Waals surface area contributed by atoms with Crippen molar-refractivity contribution in [1.29, 1.82) is 0 Å². The van der Waals surface area contributed by atoms with E-state index in [0.717, 1.165) is 0 Å². The summed E-state index contributed by atoms with van der Waals surface area (Å²) in [5.74, 6) is 0. The number of benzene rings is 3. The maximum atomic E-state index is 2.31. The molecule has 2 heteroatoms. The SMILES string of the molecule is CCCp1pc(-c2ccccc2)c(-c2ccccc2)c1-c1ccccc1. The van der Waals surface area contributed by atoms with Gasteiger partial charge in [-0.2, -0.15) is 0 Å². The van der Waals surface area contributed by atoms with E-state index in [1.165, 1.54) is 48.0 Å². The molecule has 0 N–H and O–H groups in total. The summed E-state index contributed by atoms with van der Waals surface area (Å²) < 4.78 is 0. The molecule has 0 bridgehead atoms. The van der Waals surface area contributed by atoms with Gasteiger partial charge >= 0.3 is 0 Å². The first-order valence-corrected chi connectivity index (χ1v) is 12.3. The number of rotatable bonds is 5. The first-order chi connectivity index (χ1) is 12.9. The molecule has 0 saturated heterocycles. The molecular weight excluding hydrogens is 350 g/mol. The average Bonchev–Trinajstić information content (AvgIpc) is 3.09. The molecule has 1 atom stereocenters. The zero-order chi connectivity index (χ0) is 17.8. The maximum Gasteiger partial charge on any atom is 0.0218 e. The fourth-order valence-electron chi connectivity index (χ4n) is 3.40. The van der Waals surface area contributed by atoms with Crippen molar-refractivity contribution in [3.05, 3.63) is 91.0 Å². The van der Waals surface area contributed by atoms with E-state index in [2.05, 4.69) is 97.9 Å². The van der Waals surface area contributed by atoms with Crippen LogP contribution in [0, 0.1) is 0 Å². The van der Waals surface area contributed by atoms with Gasteiger partial charge in [-0.25, -0.2) is 0 Å². The van der Waals surface area contributed by atoms with Gasteiger partial charge in [-0.15, -0.1) is 0 Å². The lowest BCUT2D eigenvalue weighted by Crippen LogP contribution is -1.83. The fraction of sp³-hybridized carbons (Fsp3) is 0.125. The third-order valence-corrected chi connectivity index (χ3v) is 9.86. The van der Waals surface area contributed by atoms with Crippen molar-refractivity contribution in [1.82, 2.24) is 0 Å². The summed E-state index contributed by atoms with van der Waals surface area (Å²) in [5.41, 5.74) is 5.56. The minimum Gasteiger partial charge on any atom is -0.0867 e. The summed E-state index contributed by atoms with van der Waals surface area (Å²) in [7, 11) is 1.30. The van der Waals surface area contributed by atoms with Crippen molar-refractivity contribution in [3.63, 3.8) is 0 Å². The molecule has 1 unspecified atom stereocenters. The Kier molecular flexibility index (Phi) is 5.35. The molecule has 0 radical (unpaired) electrons. The molecule has 0 nitrogen and oxygen atoms in total. The van der Waals surface area contributed by atoms with Gasteiger partial charge < -0.3 is 0 Å². The number of hydrogen-bond donors (Lipinski definition) is 0. The predicted molar refractivity (Wildman–Crippen MR) is 118 cm³/mol. The molecule has 0 aliphatic heterocycles. The van der Waals surface area contributed by atoms with Gasteiger partial charge in [-0.1, -0.05) is 105 Å².